The van der Waals surface area contributed by atoms with Crippen molar-refractivity contribution < 1.29 is 4.74 Å². The molecule has 0 radical (unpaired) electrons. The van der Waals surface area contributed by atoms with Crippen molar-refractivity contribution in [3.05, 3.63) is 47.8 Å². The minimum atomic E-state index is 0.507. The number of aromatic nitrogens is 2. The maximum absolute atomic E-state index is 5.46. The summed E-state index contributed by atoms with van der Waals surface area (Å²) in [4.78, 5) is 8.46. The Hall–Kier alpha value is -2.19. The number of hydrogen-bond donors (Lipinski definition) is 2. The molecule has 2 rings (SSSR count). The molecule has 1 heterocycles. The number of hydrazone groups is 1. The van der Waals surface area contributed by atoms with Gasteiger partial charge in [-0.3, -0.25) is 5.43 Å². The van der Waals surface area contributed by atoms with Gasteiger partial charge in [0.25, 0.3) is 0 Å². The highest BCUT2D eigenvalue weighted by molar-refractivity contribution is 7.98. The highest BCUT2D eigenvalue weighted by Crippen LogP contribution is 2.27. The fraction of sp³-hybridized carbons (Fsp3) is 0.294. The number of ether oxygens (including phenoxy) is 1. The van der Waals surface area contributed by atoms with E-state index in [1.54, 1.807) is 37.3 Å². The lowest BCUT2D eigenvalue weighted by Gasteiger charge is -2.11. The van der Waals surface area contributed by atoms with Crippen LogP contribution in [-0.2, 0) is 5.75 Å². The third-order valence-corrected chi connectivity index (χ3v) is 4.42. The average Bonchev–Trinajstić information content (AvgIpc) is 2.65. The summed E-state index contributed by atoms with van der Waals surface area (Å²) in [5.41, 5.74) is 5.73. The first-order valence-electron chi connectivity index (χ1n) is 7.79. The summed E-state index contributed by atoms with van der Waals surface area (Å²) in [6, 6.07) is 7.78. The maximum Gasteiger partial charge on any atom is 0.187 e. The van der Waals surface area contributed by atoms with E-state index in [-0.39, 0.29) is 0 Å². The number of benzene rings is 1. The van der Waals surface area contributed by atoms with E-state index >= 15 is 0 Å². The Morgan fingerprint density at radius 1 is 1.32 bits per heavy atom. The van der Waals surface area contributed by atoms with E-state index in [2.05, 4.69) is 31.9 Å². The lowest BCUT2D eigenvalue weighted by molar-refractivity contribution is 0.411. The summed E-state index contributed by atoms with van der Waals surface area (Å²) in [6.07, 6.45) is 3.47. The molecule has 2 N–H and O–H groups in total. The smallest absolute Gasteiger partial charge is 0.187 e. The van der Waals surface area contributed by atoms with Crippen molar-refractivity contribution in [2.75, 3.05) is 13.7 Å². The van der Waals surface area contributed by atoms with E-state index in [1.165, 1.54) is 0 Å². The molecule has 0 saturated heterocycles. The SMILES string of the molecule is CCNC(=S)N/N=C(/C)c1ccc(OC)c(CSc2ncccn2)c1. The van der Waals surface area contributed by atoms with Gasteiger partial charge in [-0.25, -0.2) is 9.97 Å². The molecule has 1 aromatic carbocycles. The van der Waals surface area contributed by atoms with Gasteiger partial charge in [-0.2, -0.15) is 5.10 Å². The molecule has 0 aliphatic rings. The highest BCUT2D eigenvalue weighted by atomic mass is 32.2. The number of thioether (sulfide) groups is 1. The molecular formula is C17H21N5OS2. The number of methoxy groups -OCH3 is 1. The molecule has 25 heavy (non-hydrogen) atoms. The van der Waals surface area contributed by atoms with Crippen molar-refractivity contribution in [2.24, 2.45) is 5.10 Å². The summed E-state index contributed by atoms with van der Waals surface area (Å²) < 4.78 is 5.46. The number of nitrogens with zero attached hydrogens (tertiary/aromatic N) is 3. The molecule has 0 aliphatic carbocycles. The molecule has 0 unspecified atom stereocenters. The number of nitrogens with one attached hydrogen (secondary N) is 2. The zero-order chi connectivity index (χ0) is 18.1. The van der Waals surface area contributed by atoms with Crippen molar-refractivity contribution in [1.82, 2.24) is 20.7 Å². The number of thiocarbonyl (C=S) groups is 1. The highest BCUT2D eigenvalue weighted by Gasteiger charge is 2.08. The molecule has 0 fully saturated rings. The summed E-state index contributed by atoms with van der Waals surface area (Å²) in [6.45, 7) is 4.67. The van der Waals surface area contributed by atoms with Crippen LogP contribution in [0.4, 0.5) is 0 Å². The van der Waals surface area contributed by atoms with E-state index < -0.39 is 0 Å². The summed E-state index contributed by atoms with van der Waals surface area (Å²) in [5.74, 6) is 1.54. The first-order valence-corrected chi connectivity index (χ1v) is 9.18. The van der Waals surface area contributed by atoms with Gasteiger partial charge >= 0.3 is 0 Å². The van der Waals surface area contributed by atoms with Crippen LogP contribution in [0.3, 0.4) is 0 Å². The van der Waals surface area contributed by atoms with Gasteiger partial charge in [0, 0.05) is 30.3 Å². The fourth-order valence-electron chi connectivity index (χ4n) is 2.02. The lowest BCUT2D eigenvalue weighted by atomic mass is 10.1. The minimum absolute atomic E-state index is 0.507. The molecule has 0 spiro atoms. The van der Waals surface area contributed by atoms with Gasteiger partial charge in [0.2, 0.25) is 0 Å². The Morgan fingerprint density at radius 2 is 2.08 bits per heavy atom. The van der Waals surface area contributed by atoms with Gasteiger partial charge in [-0.05, 0) is 55.9 Å². The maximum atomic E-state index is 5.46. The second-order valence-corrected chi connectivity index (χ2v) is 6.37. The van der Waals surface area contributed by atoms with Gasteiger partial charge in [0.05, 0.1) is 12.8 Å². The predicted molar refractivity (Wildman–Crippen MR) is 106 cm³/mol. The first-order chi connectivity index (χ1) is 12.1. The Bertz CT molecular complexity index is 737. The molecule has 0 amide bonds. The lowest BCUT2D eigenvalue weighted by Crippen LogP contribution is -2.32. The Labute approximate surface area is 157 Å². The summed E-state index contributed by atoms with van der Waals surface area (Å²) >= 11 is 6.68. The van der Waals surface area contributed by atoms with Crippen molar-refractivity contribution in [3.8, 4) is 5.75 Å². The molecular weight excluding hydrogens is 354 g/mol. The Morgan fingerprint density at radius 3 is 2.76 bits per heavy atom. The van der Waals surface area contributed by atoms with Crippen LogP contribution < -0.4 is 15.5 Å². The van der Waals surface area contributed by atoms with Gasteiger partial charge in [0.1, 0.15) is 5.75 Å². The van der Waals surface area contributed by atoms with E-state index in [0.717, 1.165) is 34.3 Å². The average molecular weight is 376 g/mol. The molecule has 2 aromatic rings. The minimum Gasteiger partial charge on any atom is -0.496 e. The van der Waals surface area contributed by atoms with Crippen LogP contribution >= 0.6 is 24.0 Å². The third-order valence-electron chi connectivity index (χ3n) is 3.26. The summed E-state index contributed by atoms with van der Waals surface area (Å²) in [5, 5.41) is 8.56. The molecule has 6 nitrogen and oxygen atoms in total. The number of rotatable bonds is 7. The summed E-state index contributed by atoms with van der Waals surface area (Å²) in [7, 11) is 1.67. The Balaban J connectivity index is 2.12. The van der Waals surface area contributed by atoms with Gasteiger partial charge < -0.3 is 10.1 Å². The second-order valence-electron chi connectivity index (χ2n) is 5.02. The van der Waals surface area contributed by atoms with Crippen LogP contribution in [-0.4, -0.2) is 34.4 Å². The second kappa shape index (κ2) is 9.95. The van der Waals surface area contributed by atoms with Crippen LogP contribution in [0.2, 0.25) is 0 Å². The molecule has 1 aromatic heterocycles. The number of hydrogen-bond acceptors (Lipinski definition) is 6. The van der Waals surface area contributed by atoms with Crippen LogP contribution in [0.5, 0.6) is 5.75 Å². The van der Waals surface area contributed by atoms with Crippen molar-refractivity contribution in [2.45, 2.75) is 24.8 Å². The van der Waals surface area contributed by atoms with Crippen LogP contribution in [0.25, 0.3) is 0 Å². The molecule has 0 aliphatic heterocycles. The standard InChI is InChI=1S/C17H21N5OS2/c1-4-18-16(24)22-21-12(2)13-6-7-15(23-3)14(10-13)11-25-17-19-8-5-9-20-17/h5-10H,4,11H2,1-3H3,(H2,18,22,24)/b21-12-. The van der Waals surface area contributed by atoms with E-state index in [4.69, 9.17) is 17.0 Å². The zero-order valence-electron chi connectivity index (χ0n) is 14.4. The van der Waals surface area contributed by atoms with E-state index in [0.29, 0.717) is 10.9 Å². The first kappa shape index (κ1) is 19.1. The monoisotopic (exact) mass is 375 g/mol. The van der Waals surface area contributed by atoms with Gasteiger partial charge in [-0.15, -0.1) is 0 Å². The normalized spacial score (nSPS) is 11.1. The van der Waals surface area contributed by atoms with E-state index in [9.17, 15) is 0 Å². The molecule has 0 bridgehead atoms. The Kier molecular flexibility index (Phi) is 7.62. The molecule has 0 atom stereocenters. The quantitative estimate of drug-likeness (QED) is 0.253. The van der Waals surface area contributed by atoms with Crippen molar-refractivity contribution >= 4 is 34.8 Å². The predicted octanol–water partition coefficient (Wildman–Crippen LogP) is 2.99. The fourth-order valence-corrected chi connectivity index (χ4v) is 2.99. The van der Waals surface area contributed by atoms with Crippen molar-refractivity contribution in [3.63, 3.8) is 0 Å². The van der Waals surface area contributed by atoms with Crippen LogP contribution in [0.1, 0.15) is 25.0 Å². The molecule has 0 saturated carbocycles. The molecule has 132 valence electrons. The zero-order valence-corrected chi connectivity index (χ0v) is 16.1. The topological polar surface area (TPSA) is 71.4 Å². The van der Waals surface area contributed by atoms with Crippen LogP contribution in [0.15, 0.2) is 46.9 Å². The largest absolute Gasteiger partial charge is 0.496 e. The molecule has 8 heteroatoms. The van der Waals surface area contributed by atoms with Crippen molar-refractivity contribution in [1.29, 1.82) is 0 Å². The van der Waals surface area contributed by atoms with Gasteiger partial charge in [0.15, 0.2) is 10.3 Å². The van der Waals surface area contributed by atoms with Gasteiger partial charge in [-0.1, -0.05) is 11.8 Å². The van der Waals surface area contributed by atoms with E-state index in [1.807, 2.05) is 26.0 Å². The third kappa shape index (κ3) is 5.99. The van der Waals surface area contributed by atoms with Crippen LogP contribution in [0, 0.1) is 0 Å².